The van der Waals surface area contributed by atoms with Crippen LogP contribution in [0.25, 0.3) is 0 Å². The van der Waals surface area contributed by atoms with Gasteiger partial charge in [0.05, 0.1) is 5.60 Å². The first-order chi connectivity index (χ1) is 4.16. The van der Waals surface area contributed by atoms with Crippen LogP contribution < -0.4 is 0 Å². The van der Waals surface area contributed by atoms with E-state index in [2.05, 4.69) is 12.8 Å². The third-order valence-corrected chi connectivity index (χ3v) is 1.89. The van der Waals surface area contributed by atoms with Gasteiger partial charge < -0.3 is 5.11 Å². The molecule has 0 heterocycles. The predicted molar refractivity (Wildman–Crippen MR) is 36.8 cm³/mol. The van der Waals surface area contributed by atoms with Gasteiger partial charge in [-0.15, -0.1) is 12.3 Å². The zero-order chi connectivity index (χ0) is 6.91. The summed E-state index contributed by atoms with van der Waals surface area (Å²) in [6, 6.07) is 0. The average molecular weight is 124 g/mol. The number of hydrogen-bond acceptors (Lipinski definition) is 1. The topological polar surface area (TPSA) is 20.2 Å². The van der Waals surface area contributed by atoms with Crippen LogP contribution in [0.1, 0.15) is 26.2 Å². The number of rotatable bonds is 1. The Labute approximate surface area is 56.1 Å². The quantitative estimate of drug-likeness (QED) is 0.520. The van der Waals surface area contributed by atoms with Crippen molar-refractivity contribution in [2.75, 3.05) is 0 Å². The molecular formula is C8H12O. The highest BCUT2D eigenvalue weighted by Crippen LogP contribution is 2.39. The summed E-state index contributed by atoms with van der Waals surface area (Å²) < 4.78 is 0. The summed E-state index contributed by atoms with van der Waals surface area (Å²) in [5, 5.41) is 9.44. The standard InChI is InChI=1S/C8H12O/c1-3-4-8(9)5-7(2)6-8/h1,7,9H,4-6H2,2H3. The molecule has 0 unspecified atom stereocenters. The van der Waals surface area contributed by atoms with Gasteiger partial charge in [-0.05, 0) is 18.8 Å². The fourth-order valence-corrected chi connectivity index (χ4v) is 1.57. The maximum absolute atomic E-state index is 9.44. The molecule has 1 fully saturated rings. The van der Waals surface area contributed by atoms with E-state index in [0.717, 1.165) is 12.8 Å². The molecule has 0 atom stereocenters. The van der Waals surface area contributed by atoms with Gasteiger partial charge in [0, 0.05) is 6.42 Å². The highest BCUT2D eigenvalue weighted by molar-refractivity contribution is 5.01. The summed E-state index contributed by atoms with van der Waals surface area (Å²) in [6.45, 7) is 2.13. The van der Waals surface area contributed by atoms with Gasteiger partial charge in [-0.25, -0.2) is 0 Å². The highest BCUT2D eigenvalue weighted by atomic mass is 16.3. The number of aliphatic hydroxyl groups is 1. The van der Waals surface area contributed by atoms with E-state index in [4.69, 9.17) is 6.42 Å². The Morgan fingerprint density at radius 1 is 1.78 bits per heavy atom. The fraction of sp³-hybridized carbons (Fsp3) is 0.750. The lowest BCUT2D eigenvalue weighted by atomic mass is 9.70. The minimum Gasteiger partial charge on any atom is -0.389 e. The third-order valence-electron chi connectivity index (χ3n) is 1.89. The zero-order valence-corrected chi connectivity index (χ0v) is 5.72. The lowest BCUT2D eigenvalue weighted by Gasteiger charge is -2.40. The van der Waals surface area contributed by atoms with Gasteiger partial charge in [-0.1, -0.05) is 6.92 Å². The molecular weight excluding hydrogens is 112 g/mol. The van der Waals surface area contributed by atoms with E-state index in [-0.39, 0.29) is 0 Å². The second-order valence-electron chi connectivity index (χ2n) is 3.12. The van der Waals surface area contributed by atoms with Crippen LogP contribution >= 0.6 is 0 Å². The fourth-order valence-electron chi connectivity index (χ4n) is 1.57. The molecule has 0 spiro atoms. The van der Waals surface area contributed by atoms with E-state index in [9.17, 15) is 5.11 Å². The second-order valence-corrected chi connectivity index (χ2v) is 3.12. The Hall–Kier alpha value is -0.480. The van der Waals surface area contributed by atoms with Crippen LogP contribution in [0.4, 0.5) is 0 Å². The van der Waals surface area contributed by atoms with E-state index >= 15 is 0 Å². The molecule has 1 saturated carbocycles. The van der Waals surface area contributed by atoms with Crippen LogP contribution in [0.2, 0.25) is 0 Å². The van der Waals surface area contributed by atoms with Gasteiger partial charge in [-0.2, -0.15) is 0 Å². The van der Waals surface area contributed by atoms with Crippen molar-refractivity contribution < 1.29 is 5.11 Å². The van der Waals surface area contributed by atoms with Crippen LogP contribution in [-0.4, -0.2) is 10.7 Å². The molecule has 0 radical (unpaired) electrons. The van der Waals surface area contributed by atoms with Crippen molar-refractivity contribution in [1.29, 1.82) is 0 Å². The molecule has 1 nitrogen and oxygen atoms in total. The number of hydrogen-bond donors (Lipinski definition) is 1. The molecule has 1 aliphatic rings. The first-order valence-corrected chi connectivity index (χ1v) is 3.32. The molecule has 1 N–H and O–H groups in total. The van der Waals surface area contributed by atoms with Crippen molar-refractivity contribution in [3.63, 3.8) is 0 Å². The molecule has 0 amide bonds. The van der Waals surface area contributed by atoms with E-state index in [1.165, 1.54) is 0 Å². The van der Waals surface area contributed by atoms with Crippen molar-refractivity contribution in [3.05, 3.63) is 0 Å². The molecule has 1 aliphatic carbocycles. The first kappa shape index (κ1) is 6.64. The molecule has 9 heavy (non-hydrogen) atoms. The maximum Gasteiger partial charge on any atom is 0.0761 e. The van der Waals surface area contributed by atoms with Crippen molar-refractivity contribution in [2.24, 2.45) is 5.92 Å². The van der Waals surface area contributed by atoms with Crippen molar-refractivity contribution >= 4 is 0 Å². The lowest BCUT2D eigenvalue weighted by Crippen LogP contribution is -2.42. The van der Waals surface area contributed by atoms with Crippen molar-refractivity contribution in [2.45, 2.75) is 31.8 Å². The zero-order valence-electron chi connectivity index (χ0n) is 5.72. The Morgan fingerprint density at radius 3 is 2.67 bits per heavy atom. The minimum atomic E-state index is -0.492. The van der Waals surface area contributed by atoms with E-state index < -0.39 is 5.60 Å². The first-order valence-electron chi connectivity index (χ1n) is 3.32. The van der Waals surface area contributed by atoms with Gasteiger partial charge >= 0.3 is 0 Å². The second kappa shape index (κ2) is 2.04. The molecule has 0 aromatic heterocycles. The molecule has 0 bridgehead atoms. The summed E-state index contributed by atoms with van der Waals surface area (Å²) in [4.78, 5) is 0. The summed E-state index contributed by atoms with van der Waals surface area (Å²) >= 11 is 0. The van der Waals surface area contributed by atoms with E-state index in [1.807, 2.05) is 0 Å². The summed E-state index contributed by atoms with van der Waals surface area (Å²) in [7, 11) is 0. The normalized spacial score (nSPS) is 41.2. The van der Waals surface area contributed by atoms with Crippen molar-refractivity contribution in [1.82, 2.24) is 0 Å². The van der Waals surface area contributed by atoms with Crippen molar-refractivity contribution in [3.8, 4) is 12.3 Å². The van der Waals surface area contributed by atoms with Gasteiger partial charge in [0.15, 0.2) is 0 Å². The molecule has 0 saturated heterocycles. The predicted octanol–water partition coefficient (Wildman–Crippen LogP) is 1.17. The van der Waals surface area contributed by atoms with Crippen LogP contribution in [0.5, 0.6) is 0 Å². The Kier molecular flexibility index (Phi) is 1.50. The Morgan fingerprint density at radius 2 is 2.33 bits per heavy atom. The monoisotopic (exact) mass is 124 g/mol. The van der Waals surface area contributed by atoms with Crippen LogP contribution in [-0.2, 0) is 0 Å². The van der Waals surface area contributed by atoms with Gasteiger partial charge in [-0.3, -0.25) is 0 Å². The smallest absolute Gasteiger partial charge is 0.0761 e. The largest absolute Gasteiger partial charge is 0.389 e. The third kappa shape index (κ3) is 1.25. The summed E-state index contributed by atoms with van der Waals surface area (Å²) in [5.74, 6) is 3.15. The molecule has 0 aromatic carbocycles. The average Bonchev–Trinajstić information content (AvgIpc) is 1.62. The highest BCUT2D eigenvalue weighted by Gasteiger charge is 2.38. The molecule has 0 aromatic rings. The van der Waals surface area contributed by atoms with Gasteiger partial charge in [0.2, 0.25) is 0 Å². The molecule has 1 heteroatoms. The Balaban J connectivity index is 2.34. The van der Waals surface area contributed by atoms with Gasteiger partial charge in [0.1, 0.15) is 0 Å². The number of terminal acetylenes is 1. The van der Waals surface area contributed by atoms with Crippen LogP contribution in [0.15, 0.2) is 0 Å². The molecule has 1 rings (SSSR count). The minimum absolute atomic E-state index is 0.492. The Bertz CT molecular complexity index is 137. The molecule has 50 valence electrons. The van der Waals surface area contributed by atoms with E-state index in [1.54, 1.807) is 0 Å². The van der Waals surface area contributed by atoms with Crippen LogP contribution in [0.3, 0.4) is 0 Å². The maximum atomic E-state index is 9.44. The van der Waals surface area contributed by atoms with Gasteiger partial charge in [0.25, 0.3) is 0 Å². The van der Waals surface area contributed by atoms with E-state index in [0.29, 0.717) is 12.3 Å². The molecule has 0 aliphatic heterocycles. The lowest BCUT2D eigenvalue weighted by molar-refractivity contribution is -0.0627. The summed E-state index contributed by atoms with van der Waals surface area (Å²) in [5.41, 5.74) is -0.492. The summed E-state index contributed by atoms with van der Waals surface area (Å²) in [6.07, 6.45) is 7.36. The van der Waals surface area contributed by atoms with Crippen LogP contribution in [0, 0.1) is 18.3 Å². The SMILES string of the molecule is C#CCC1(O)CC(C)C1.